The fraction of sp³-hybridized carbons (Fsp3) is 0.714. The highest BCUT2D eigenvalue weighted by atomic mass is 15.3. The van der Waals surface area contributed by atoms with Gasteiger partial charge in [0.25, 0.3) is 0 Å². The van der Waals surface area contributed by atoms with Crippen LogP contribution in [-0.2, 0) is 0 Å². The number of H-pyrrole nitrogens is 1. The lowest BCUT2D eigenvalue weighted by atomic mass is 10.3. The SMILES string of the molecule is CCC(C)Nc1nnc(C)[nH]1. The normalized spacial score (nSPS) is 13.0. The van der Waals surface area contributed by atoms with Crippen molar-refractivity contribution in [2.75, 3.05) is 5.32 Å². The van der Waals surface area contributed by atoms with E-state index in [9.17, 15) is 0 Å². The summed E-state index contributed by atoms with van der Waals surface area (Å²) in [7, 11) is 0. The van der Waals surface area contributed by atoms with Crippen LogP contribution in [0.1, 0.15) is 26.1 Å². The van der Waals surface area contributed by atoms with E-state index in [2.05, 4.69) is 34.3 Å². The van der Waals surface area contributed by atoms with E-state index in [-0.39, 0.29) is 0 Å². The molecule has 2 N–H and O–H groups in total. The fourth-order valence-electron chi connectivity index (χ4n) is 0.747. The Balaban J connectivity index is 2.50. The number of aromatic amines is 1. The first-order chi connectivity index (χ1) is 5.22. The molecule has 0 radical (unpaired) electrons. The summed E-state index contributed by atoms with van der Waals surface area (Å²) >= 11 is 0. The molecule has 1 aromatic rings. The molecular formula is C7H14N4. The Bertz CT molecular complexity index is 218. The van der Waals surface area contributed by atoms with Crippen LogP contribution < -0.4 is 5.32 Å². The molecule has 1 heterocycles. The highest BCUT2D eigenvalue weighted by molar-refractivity contribution is 5.23. The maximum atomic E-state index is 3.89. The largest absolute Gasteiger partial charge is 0.352 e. The van der Waals surface area contributed by atoms with Crippen LogP contribution in [0.3, 0.4) is 0 Å². The van der Waals surface area contributed by atoms with Gasteiger partial charge >= 0.3 is 0 Å². The molecule has 1 aromatic heterocycles. The van der Waals surface area contributed by atoms with E-state index < -0.39 is 0 Å². The molecule has 62 valence electrons. The van der Waals surface area contributed by atoms with Crippen LogP contribution in [0.25, 0.3) is 0 Å². The molecule has 0 saturated carbocycles. The number of hydrogen-bond acceptors (Lipinski definition) is 3. The monoisotopic (exact) mass is 154 g/mol. The van der Waals surface area contributed by atoms with E-state index >= 15 is 0 Å². The van der Waals surface area contributed by atoms with E-state index in [1.165, 1.54) is 0 Å². The standard InChI is InChI=1S/C7H14N4/c1-4-5(2)8-7-9-6(3)10-11-7/h5H,4H2,1-3H3,(H2,8,9,10,11). The van der Waals surface area contributed by atoms with E-state index in [1.54, 1.807) is 0 Å². The molecule has 0 amide bonds. The Morgan fingerprint density at radius 1 is 1.55 bits per heavy atom. The van der Waals surface area contributed by atoms with Crippen LogP contribution in [0.5, 0.6) is 0 Å². The molecule has 0 fully saturated rings. The van der Waals surface area contributed by atoms with Crippen LogP contribution in [0, 0.1) is 6.92 Å². The van der Waals surface area contributed by atoms with Crippen molar-refractivity contribution in [2.24, 2.45) is 0 Å². The maximum Gasteiger partial charge on any atom is 0.222 e. The lowest BCUT2D eigenvalue weighted by Crippen LogP contribution is -2.14. The average Bonchev–Trinajstić information content (AvgIpc) is 2.35. The highest BCUT2D eigenvalue weighted by Crippen LogP contribution is 2.01. The second kappa shape index (κ2) is 3.37. The summed E-state index contributed by atoms with van der Waals surface area (Å²) in [5, 5.41) is 10.9. The van der Waals surface area contributed by atoms with Crippen molar-refractivity contribution in [3.8, 4) is 0 Å². The summed E-state index contributed by atoms with van der Waals surface area (Å²) in [6.07, 6.45) is 1.08. The fourth-order valence-corrected chi connectivity index (χ4v) is 0.747. The summed E-state index contributed by atoms with van der Waals surface area (Å²) in [6, 6.07) is 0.447. The zero-order valence-corrected chi connectivity index (χ0v) is 7.18. The van der Waals surface area contributed by atoms with Gasteiger partial charge in [0.15, 0.2) is 0 Å². The molecule has 0 aliphatic carbocycles. The molecule has 0 saturated heterocycles. The van der Waals surface area contributed by atoms with E-state index in [4.69, 9.17) is 0 Å². The molecule has 1 rings (SSSR count). The van der Waals surface area contributed by atoms with Gasteiger partial charge in [-0.25, -0.2) is 0 Å². The van der Waals surface area contributed by atoms with Crippen molar-refractivity contribution >= 4 is 5.95 Å². The van der Waals surface area contributed by atoms with Gasteiger partial charge in [0.2, 0.25) is 5.95 Å². The Kier molecular flexibility index (Phi) is 2.46. The smallest absolute Gasteiger partial charge is 0.222 e. The Morgan fingerprint density at radius 2 is 2.27 bits per heavy atom. The summed E-state index contributed by atoms with van der Waals surface area (Å²) in [4.78, 5) is 3.01. The second-order valence-corrected chi connectivity index (χ2v) is 2.71. The van der Waals surface area contributed by atoms with Crippen LogP contribution >= 0.6 is 0 Å². The molecule has 4 heteroatoms. The molecule has 1 unspecified atom stereocenters. The summed E-state index contributed by atoms with van der Waals surface area (Å²) in [5.41, 5.74) is 0. The number of nitrogens with zero attached hydrogens (tertiary/aromatic N) is 2. The number of nitrogens with one attached hydrogen (secondary N) is 2. The van der Waals surface area contributed by atoms with E-state index in [0.717, 1.165) is 18.2 Å². The lowest BCUT2D eigenvalue weighted by Gasteiger charge is -2.07. The van der Waals surface area contributed by atoms with Crippen molar-refractivity contribution < 1.29 is 0 Å². The average molecular weight is 154 g/mol. The third-order valence-corrected chi connectivity index (χ3v) is 1.59. The molecule has 0 spiro atoms. The third-order valence-electron chi connectivity index (χ3n) is 1.59. The second-order valence-electron chi connectivity index (χ2n) is 2.71. The van der Waals surface area contributed by atoms with Crippen LogP contribution in [0.2, 0.25) is 0 Å². The minimum Gasteiger partial charge on any atom is -0.352 e. The zero-order valence-electron chi connectivity index (χ0n) is 7.18. The first-order valence-corrected chi connectivity index (χ1v) is 3.88. The van der Waals surface area contributed by atoms with Gasteiger partial charge < -0.3 is 10.3 Å². The minimum absolute atomic E-state index is 0.447. The van der Waals surface area contributed by atoms with Crippen molar-refractivity contribution in [3.63, 3.8) is 0 Å². The van der Waals surface area contributed by atoms with Gasteiger partial charge in [0, 0.05) is 6.04 Å². The van der Waals surface area contributed by atoms with Gasteiger partial charge in [-0.1, -0.05) is 6.92 Å². The molecule has 0 aliphatic rings. The van der Waals surface area contributed by atoms with Crippen molar-refractivity contribution in [2.45, 2.75) is 33.2 Å². The van der Waals surface area contributed by atoms with Gasteiger partial charge in [0.05, 0.1) is 0 Å². The molecule has 1 atom stereocenters. The molecule has 0 aromatic carbocycles. The van der Waals surface area contributed by atoms with E-state index in [1.807, 2.05) is 6.92 Å². The molecule has 0 aliphatic heterocycles. The zero-order chi connectivity index (χ0) is 8.27. The first kappa shape index (κ1) is 8.04. The van der Waals surface area contributed by atoms with Crippen molar-refractivity contribution in [1.82, 2.24) is 15.2 Å². The van der Waals surface area contributed by atoms with Crippen LogP contribution in [0.15, 0.2) is 0 Å². The van der Waals surface area contributed by atoms with Crippen LogP contribution in [0.4, 0.5) is 5.95 Å². The minimum atomic E-state index is 0.447. The number of hydrogen-bond donors (Lipinski definition) is 2. The quantitative estimate of drug-likeness (QED) is 0.690. The van der Waals surface area contributed by atoms with Crippen molar-refractivity contribution in [1.29, 1.82) is 0 Å². The summed E-state index contributed by atoms with van der Waals surface area (Å²) in [6.45, 7) is 6.12. The van der Waals surface area contributed by atoms with Crippen LogP contribution in [-0.4, -0.2) is 21.2 Å². The van der Waals surface area contributed by atoms with Gasteiger partial charge in [0.1, 0.15) is 5.82 Å². The summed E-state index contributed by atoms with van der Waals surface area (Å²) < 4.78 is 0. The predicted molar refractivity (Wildman–Crippen MR) is 44.5 cm³/mol. The van der Waals surface area contributed by atoms with Gasteiger partial charge in [-0.05, 0) is 20.3 Å². The molecule has 4 nitrogen and oxygen atoms in total. The molecule has 0 bridgehead atoms. The number of rotatable bonds is 3. The third kappa shape index (κ3) is 2.22. The highest BCUT2D eigenvalue weighted by Gasteiger charge is 2.01. The number of anilines is 1. The Hall–Kier alpha value is -1.06. The Morgan fingerprint density at radius 3 is 2.73 bits per heavy atom. The maximum absolute atomic E-state index is 3.89. The number of aromatic nitrogens is 3. The number of aryl methyl sites for hydroxylation is 1. The molecule has 11 heavy (non-hydrogen) atoms. The lowest BCUT2D eigenvalue weighted by molar-refractivity contribution is 0.753. The van der Waals surface area contributed by atoms with Gasteiger partial charge in [-0.15, -0.1) is 10.2 Å². The first-order valence-electron chi connectivity index (χ1n) is 3.88. The van der Waals surface area contributed by atoms with E-state index in [0.29, 0.717) is 6.04 Å². The van der Waals surface area contributed by atoms with Crippen molar-refractivity contribution in [3.05, 3.63) is 5.82 Å². The van der Waals surface area contributed by atoms with Gasteiger partial charge in [-0.3, -0.25) is 0 Å². The Labute approximate surface area is 66.4 Å². The molecular weight excluding hydrogens is 140 g/mol. The predicted octanol–water partition coefficient (Wildman–Crippen LogP) is 1.32. The topological polar surface area (TPSA) is 53.6 Å². The summed E-state index contributed by atoms with van der Waals surface area (Å²) in [5.74, 6) is 1.60. The van der Waals surface area contributed by atoms with Gasteiger partial charge in [-0.2, -0.15) is 0 Å².